The second kappa shape index (κ2) is 6.21. The molecule has 0 fully saturated rings. The number of rotatable bonds is 5. The molecule has 0 amide bonds. The SMILES string of the molecule is CC(C)CC(N)CCc1cccc(F)c1Cl. The molecule has 0 heterocycles. The van der Waals surface area contributed by atoms with Crippen LogP contribution >= 0.6 is 11.6 Å². The van der Waals surface area contributed by atoms with Gasteiger partial charge in [0.15, 0.2) is 0 Å². The van der Waals surface area contributed by atoms with Gasteiger partial charge in [-0.25, -0.2) is 4.39 Å². The lowest BCUT2D eigenvalue weighted by Crippen LogP contribution is -2.22. The minimum Gasteiger partial charge on any atom is -0.328 e. The average molecular weight is 244 g/mol. The van der Waals surface area contributed by atoms with E-state index in [4.69, 9.17) is 17.3 Å². The Balaban J connectivity index is 2.51. The summed E-state index contributed by atoms with van der Waals surface area (Å²) in [5, 5.41) is 0.235. The van der Waals surface area contributed by atoms with Gasteiger partial charge in [0.2, 0.25) is 0 Å². The summed E-state index contributed by atoms with van der Waals surface area (Å²) in [5.41, 5.74) is 6.82. The Morgan fingerprint density at radius 2 is 2.06 bits per heavy atom. The molecule has 0 radical (unpaired) electrons. The van der Waals surface area contributed by atoms with E-state index in [2.05, 4.69) is 13.8 Å². The van der Waals surface area contributed by atoms with Crippen LogP contribution in [0.4, 0.5) is 4.39 Å². The lowest BCUT2D eigenvalue weighted by atomic mass is 9.98. The maximum atomic E-state index is 13.2. The smallest absolute Gasteiger partial charge is 0.142 e. The molecule has 0 aromatic heterocycles. The van der Waals surface area contributed by atoms with Crippen molar-refractivity contribution in [2.45, 2.75) is 39.2 Å². The topological polar surface area (TPSA) is 26.0 Å². The van der Waals surface area contributed by atoms with Crippen molar-refractivity contribution < 1.29 is 4.39 Å². The van der Waals surface area contributed by atoms with Crippen LogP contribution in [0.3, 0.4) is 0 Å². The van der Waals surface area contributed by atoms with Crippen molar-refractivity contribution in [1.82, 2.24) is 0 Å². The minimum atomic E-state index is -0.350. The van der Waals surface area contributed by atoms with Crippen LogP contribution in [-0.2, 0) is 6.42 Å². The molecule has 1 nitrogen and oxygen atoms in total. The number of hydrogen-bond acceptors (Lipinski definition) is 1. The van der Waals surface area contributed by atoms with E-state index in [1.165, 1.54) is 6.07 Å². The van der Waals surface area contributed by atoms with Crippen molar-refractivity contribution >= 4 is 11.6 Å². The van der Waals surface area contributed by atoms with Gasteiger partial charge in [0.1, 0.15) is 5.82 Å². The first kappa shape index (κ1) is 13.5. The van der Waals surface area contributed by atoms with Crippen LogP contribution < -0.4 is 5.73 Å². The fourth-order valence-corrected chi connectivity index (χ4v) is 2.03. The molecule has 0 saturated carbocycles. The highest BCUT2D eigenvalue weighted by Crippen LogP contribution is 2.21. The third kappa shape index (κ3) is 4.11. The van der Waals surface area contributed by atoms with E-state index in [-0.39, 0.29) is 16.9 Å². The maximum Gasteiger partial charge on any atom is 0.142 e. The molecular formula is C13H19ClFN. The number of nitrogens with two attached hydrogens (primary N) is 1. The second-order valence-electron chi connectivity index (χ2n) is 4.64. The molecule has 0 aliphatic heterocycles. The van der Waals surface area contributed by atoms with Crippen LogP contribution in [0.1, 0.15) is 32.3 Å². The highest BCUT2D eigenvalue weighted by Gasteiger charge is 2.09. The summed E-state index contributed by atoms with van der Waals surface area (Å²) >= 11 is 5.87. The van der Waals surface area contributed by atoms with Crippen LogP contribution in [0.2, 0.25) is 5.02 Å². The molecule has 1 aromatic carbocycles. The standard InChI is InChI=1S/C13H19ClFN/c1-9(2)8-11(16)7-6-10-4-3-5-12(15)13(10)14/h3-5,9,11H,6-8,16H2,1-2H3. The number of benzene rings is 1. The number of halogens is 2. The maximum absolute atomic E-state index is 13.2. The molecule has 3 heteroatoms. The largest absolute Gasteiger partial charge is 0.328 e. The molecule has 2 N–H and O–H groups in total. The quantitative estimate of drug-likeness (QED) is 0.837. The van der Waals surface area contributed by atoms with Gasteiger partial charge in [-0.2, -0.15) is 0 Å². The van der Waals surface area contributed by atoms with Gasteiger partial charge < -0.3 is 5.73 Å². The Kier molecular flexibility index (Phi) is 5.23. The molecule has 16 heavy (non-hydrogen) atoms. The van der Waals surface area contributed by atoms with E-state index in [1.807, 2.05) is 6.07 Å². The normalized spacial score (nSPS) is 13.1. The summed E-state index contributed by atoms with van der Waals surface area (Å²) < 4.78 is 13.2. The van der Waals surface area contributed by atoms with Crippen molar-refractivity contribution in [3.8, 4) is 0 Å². The van der Waals surface area contributed by atoms with Crippen LogP contribution in [0.5, 0.6) is 0 Å². The zero-order valence-corrected chi connectivity index (χ0v) is 10.6. The van der Waals surface area contributed by atoms with Crippen LogP contribution in [0, 0.1) is 11.7 Å². The molecule has 1 aromatic rings. The van der Waals surface area contributed by atoms with E-state index in [0.29, 0.717) is 5.92 Å². The van der Waals surface area contributed by atoms with Gasteiger partial charge in [-0.05, 0) is 36.8 Å². The van der Waals surface area contributed by atoms with Crippen LogP contribution in [0.25, 0.3) is 0 Å². The highest BCUT2D eigenvalue weighted by molar-refractivity contribution is 6.31. The first-order valence-corrected chi connectivity index (χ1v) is 6.07. The predicted octanol–water partition coefficient (Wildman–Crippen LogP) is 3.79. The first-order valence-electron chi connectivity index (χ1n) is 5.69. The third-order valence-electron chi connectivity index (χ3n) is 2.59. The van der Waals surface area contributed by atoms with Gasteiger partial charge in [0.05, 0.1) is 5.02 Å². The third-order valence-corrected chi connectivity index (χ3v) is 3.01. The Morgan fingerprint density at radius 3 is 2.69 bits per heavy atom. The summed E-state index contributed by atoms with van der Waals surface area (Å²) in [6.45, 7) is 4.30. The summed E-state index contributed by atoms with van der Waals surface area (Å²) in [7, 11) is 0. The summed E-state index contributed by atoms with van der Waals surface area (Å²) in [6, 6.07) is 5.08. The predicted molar refractivity (Wildman–Crippen MR) is 67.2 cm³/mol. The van der Waals surface area contributed by atoms with E-state index < -0.39 is 0 Å². The zero-order chi connectivity index (χ0) is 12.1. The van der Waals surface area contributed by atoms with Crippen molar-refractivity contribution in [3.63, 3.8) is 0 Å². The Labute approximate surface area is 102 Å². The van der Waals surface area contributed by atoms with Gasteiger partial charge in [0, 0.05) is 6.04 Å². The van der Waals surface area contributed by atoms with Crippen molar-refractivity contribution in [2.24, 2.45) is 11.7 Å². The molecule has 1 atom stereocenters. The van der Waals surface area contributed by atoms with Crippen LogP contribution in [0.15, 0.2) is 18.2 Å². The summed E-state index contributed by atoms with van der Waals surface area (Å²) in [5.74, 6) is 0.245. The monoisotopic (exact) mass is 243 g/mol. The Morgan fingerprint density at radius 1 is 1.38 bits per heavy atom. The lowest BCUT2D eigenvalue weighted by Gasteiger charge is -2.14. The van der Waals surface area contributed by atoms with Crippen molar-refractivity contribution in [1.29, 1.82) is 0 Å². The molecule has 1 unspecified atom stereocenters. The van der Waals surface area contributed by atoms with Gasteiger partial charge in [-0.1, -0.05) is 37.6 Å². The van der Waals surface area contributed by atoms with E-state index in [0.717, 1.165) is 24.8 Å². The lowest BCUT2D eigenvalue weighted by molar-refractivity contribution is 0.473. The Bertz CT molecular complexity index is 339. The average Bonchev–Trinajstić information content (AvgIpc) is 2.19. The molecule has 0 spiro atoms. The van der Waals surface area contributed by atoms with E-state index in [9.17, 15) is 4.39 Å². The molecule has 0 saturated heterocycles. The van der Waals surface area contributed by atoms with Crippen LogP contribution in [-0.4, -0.2) is 6.04 Å². The fraction of sp³-hybridized carbons (Fsp3) is 0.538. The molecule has 90 valence electrons. The fourth-order valence-electron chi connectivity index (χ4n) is 1.81. The van der Waals surface area contributed by atoms with Gasteiger partial charge in [-0.3, -0.25) is 0 Å². The first-order chi connectivity index (χ1) is 7.50. The van der Waals surface area contributed by atoms with E-state index in [1.54, 1.807) is 6.07 Å². The number of hydrogen-bond donors (Lipinski definition) is 1. The second-order valence-corrected chi connectivity index (χ2v) is 5.02. The van der Waals surface area contributed by atoms with Crippen molar-refractivity contribution in [2.75, 3.05) is 0 Å². The minimum absolute atomic E-state index is 0.166. The molecule has 0 bridgehead atoms. The summed E-state index contributed by atoms with van der Waals surface area (Å²) in [4.78, 5) is 0. The van der Waals surface area contributed by atoms with Gasteiger partial charge in [0.25, 0.3) is 0 Å². The summed E-state index contributed by atoms with van der Waals surface area (Å²) in [6.07, 6.45) is 2.58. The zero-order valence-electron chi connectivity index (χ0n) is 9.84. The molecule has 0 aliphatic rings. The molecule has 0 aliphatic carbocycles. The van der Waals surface area contributed by atoms with E-state index >= 15 is 0 Å². The van der Waals surface area contributed by atoms with Gasteiger partial charge in [-0.15, -0.1) is 0 Å². The molecular weight excluding hydrogens is 225 g/mol. The molecule has 1 rings (SSSR count). The van der Waals surface area contributed by atoms with Crippen molar-refractivity contribution in [3.05, 3.63) is 34.6 Å². The number of aryl methyl sites for hydroxylation is 1. The Hall–Kier alpha value is -0.600. The van der Waals surface area contributed by atoms with Gasteiger partial charge >= 0.3 is 0 Å². The highest BCUT2D eigenvalue weighted by atomic mass is 35.5.